The first-order chi connectivity index (χ1) is 11.7. The SMILES string of the molecule is N#Cc1ccc(-c2ccc3c(n2)[nH]c2ccncc23)cc1[N+](=O)[O-]. The Morgan fingerprint density at radius 1 is 1.17 bits per heavy atom. The summed E-state index contributed by atoms with van der Waals surface area (Å²) in [6, 6.07) is 11.9. The summed E-state index contributed by atoms with van der Waals surface area (Å²) in [5.41, 5.74) is 2.59. The van der Waals surface area contributed by atoms with Crippen LogP contribution in [-0.2, 0) is 0 Å². The summed E-state index contributed by atoms with van der Waals surface area (Å²) >= 11 is 0. The lowest BCUT2D eigenvalue weighted by Gasteiger charge is -2.02. The normalized spacial score (nSPS) is 10.8. The number of aromatic nitrogens is 3. The van der Waals surface area contributed by atoms with E-state index in [4.69, 9.17) is 5.26 Å². The van der Waals surface area contributed by atoms with E-state index in [1.165, 1.54) is 12.1 Å². The van der Waals surface area contributed by atoms with E-state index in [9.17, 15) is 10.1 Å². The van der Waals surface area contributed by atoms with E-state index in [1.807, 2.05) is 18.2 Å². The third-order valence-corrected chi connectivity index (χ3v) is 3.87. The number of hydrogen-bond acceptors (Lipinski definition) is 5. The largest absolute Gasteiger partial charge is 0.339 e. The number of hydrogen-bond donors (Lipinski definition) is 1. The molecule has 0 fully saturated rings. The lowest BCUT2D eigenvalue weighted by molar-refractivity contribution is -0.385. The number of aromatic amines is 1. The second-order valence-electron chi connectivity index (χ2n) is 5.24. The van der Waals surface area contributed by atoms with Crippen LogP contribution in [0.15, 0.2) is 48.8 Å². The molecule has 114 valence electrons. The van der Waals surface area contributed by atoms with Crippen LogP contribution in [0.5, 0.6) is 0 Å². The van der Waals surface area contributed by atoms with Gasteiger partial charge in [-0.3, -0.25) is 15.1 Å². The molecule has 0 saturated carbocycles. The highest BCUT2D eigenvalue weighted by Crippen LogP contribution is 2.29. The van der Waals surface area contributed by atoms with Gasteiger partial charge in [0, 0.05) is 34.8 Å². The molecule has 3 heterocycles. The van der Waals surface area contributed by atoms with Gasteiger partial charge in [-0.05, 0) is 24.3 Å². The average Bonchev–Trinajstić information content (AvgIpc) is 2.98. The van der Waals surface area contributed by atoms with Gasteiger partial charge in [-0.15, -0.1) is 0 Å². The Morgan fingerprint density at radius 2 is 2.04 bits per heavy atom. The molecule has 0 saturated heterocycles. The Hall–Kier alpha value is -3.79. The fraction of sp³-hybridized carbons (Fsp3) is 0. The number of rotatable bonds is 2. The summed E-state index contributed by atoms with van der Waals surface area (Å²) in [5.74, 6) is 0. The van der Waals surface area contributed by atoms with Gasteiger partial charge in [0.25, 0.3) is 5.69 Å². The first-order valence-electron chi connectivity index (χ1n) is 7.09. The molecular weight excluding hydrogens is 306 g/mol. The van der Waals surface area contributed by atoms with Gasteiger partial charge in [-0.25, -0.2) is 4.98 Å². The summed E-state index contributed by atoms with van der Waals surface area (Å²) in [6.07, 6.45) is 3.46. The van der Waals surface area contributed by atoms with Gasteiger partial charge in [0.05, 0.1) is 16.1 Å². The third-order valence-electron chi connectivity index (χ3n) is 3.87. The third kappa shape index (κ3) is 2.06. The molecule has 0 unspecified atom stereocenters. The van der Waals surface area contributed by atoms with Crippen LogP contribution in [0.1, 0.15) is 5.56 Å². The smallest absolute Gasteiger partial charge is 0.287 e. The Kier molecular flexibility index (Phi) is 2.96. The van der Waals surface area contributed by atoms with Crippen LogP contribution < -0.4 is 0 Å². The van der Waals surface area contributed by atoms with Crippen molar-refractivity contribution in [2.45, 2.75) is 0 Å². The molecule has 3 aromatic heterocycles. The van der Waals surface area contributed by atoms with Crippen LogP contribution in [-0.4, -0.2) is 19.9 Å². The Balaban J connectivity index is 1.91. The van der Waals surface area contributed by atoms with Gasteiger partial charge in [0.2, 0.25) is 0 Å². The molecule has 4 aromatic rings. The summed E-state index contributed by atoms with van der Waals surface area (Å²) in [5, 5.41) is 22.0. The highest BCUT2D eigenvalue weighted by Gasteiger charge is 2.16. The number of nitrogens with one attached hydrogen (secondary N) is 1. The fourth-order valence-electron chi connectivity index (χ4n) is 2.71. The van der Waals surface area contributed by atoms with E-state index >= 15 is 0 Å². The number of pyridine rings is 2. The van der Waals surface area contributed by atoms with Crippen LogP contribution in [0.4, 0.5) is 5.69 Å². The molecule has 1 N–H and O–H groups in total. The molecule has 7 nitrogen and oxygen atoms in total. The van der Waals surface area contributed by atoms with E-state index in [0.29, 0.717) is 16.9 Å². The molecule has 1 aromatic carbocycles. The number of nitriles is 1. The number of benzene rings is 1. The van der Waals surface area contributed by atoms with E-state index in [1.54, 1.807) is 24.5 Å². The molecule has 0 atom stereocenters. The van der Waals surface area contributed by atoms with Crippen molar-refractivity contribution in [1.29, 1.82) is 5.26 Å². The molecule has 0 aliphatic rings. The molecule has 7 heteroatoms. The number of H-pyrrole nitrogens is 1. The van der Waals surface area contributed by atoms with Crippen molar-refractivity contribution < 1.29 is 4.92 Å². The van der Waals surface area contributed by atoms with Crippen LogP contribution in [0.3, 0.4) is 0 Å². The summed E-state index contributed by atoms with van der Waals surface area (Å²) in [6.45, 7) is 0. The lowest BCUT2D eigenvalue weighted by atomic mass is 10.1. The number of nitro groups is 1. The first kappa shape index (κ1) is 13.8. The highest BCUT2D eigenvalue weighted by atomic mass is 16.6. The van der Waals surface area contributed by atoms with Crippen molar-refractivity contribution in [3.8, 4) is 17.3 Å². The van der Waals surface area contributed by atoms with E-state index < -0.39 is 4.92 Å². The van der Waals surface area contributed by atoms with Crippen molar-refractivity contribution >= 4 is 27.6 Å². The predicted molar refractivity (Wildman–Crippen MR) is 88.2 cm³/mol. The molecule has 0 radical (unpaired) electrons. The molecule has 0 aliphatic heterocycles. The quantitative estimate of drug-likeness (QED) is 0.449. The summed E-state index contributed by atoms with van der Waals surface area (Å²) < 4.78 is 0. The van der Waals surface area contributed by atoms with Gasteiger partial charge in [0.15, 0.2) is 0 Å². The Bertz CT molecular complexity index is 1160. The zero-order valence-corrected chi connectivity index (χ0v) is 12.2. The molecule has 0 amide bonds. The maximum Gasteiger partial charge on any atom is 0.287 e. The van der Waals surface area contributed by atoms with Crippen molar-refractivity contribution in [3.05, 3.63) is 64.5 Å². The Morgan fingerprint density at radius 3 is 2.83 bits per heavy atom. The monoisotopic (exact) mass is 315 g/mol. The van der Waals surface area contributed by atoms with E-state index in [2.05, 4.69) is 15.0 Å². The van der Waals surface area contributed by atoms with Gasteiger partial charge in [0.1, 0.15) is 17.3 Å². The predicted octanol–water partition coefficient (Wildman–Crippen LogP) is 3.56. The Labute approximate surface area is 135 Å². The topological polar surface area (TPSA) is 108 Å². The van der Waals surface area contributed by atoms with Gasteiger partial charge in [-0.1, -0.05) is 6.07 Å². The second-order valence-corrected chi connectivity index (χ2v) is 5.24. The van der Waals surface area contributed by atoms with Gasteiger partial charge >= 0.3 is 0 Å². The zero-order chi connectivity index (χ0) is 16.7. The second kappa shape index (κ2) is 5.14. The molecule has 0 spiro atoms. The number of nitro benzene ring substituents is 1. The van der Waals surface area contributed by atoms with Crippen LogP contribution in [0.25, 0.3) is 33.2 Å². The molecular formula is C17H9N5O2. The maximum atomic E-state index is 11.1. The fourth-order valence-corrected chi connectivity index (χ4v) is 2.71. The van der Waals surface area contributed by atoms with E-state index in [0.717, 1.165) is 16.3 Å². The van der Waals surface area contributed by atoms with Crippen molar-refractivity contribution in [2.75, 3.05) is 0 Å². The minimum absolute atomic E-state index is 0.0292. The number of fused-ring (bicyclic) bond motifs is 3. The van der Waals surface area contributed by atoms with Crippen molar-refractivity contribution in [2.24, 2.45) is 0 Å². The van der Waals surface area contributed by atoms with Crippen LogP contribution in [0, 0.1) is 21.4 Å². The molecule has 0 aliphatic carbocycles. The molecule has 4 rings (SSSR count). The van der Waals surface area contributed by atoms with E-state index in [-0.39, 0.29) is 11.3 Å². The zero-order valence-electron chi connectivity index (χ0n) is 12.2. The molecule has 0 bridgehead atoms. The van der Waals surface area contributed by atoms with Crippen LogP contribution in [0.2, 0.25) is 0 Å². The van der Waals surface area contributed by atoms with Crippen LogP contribution >= 0.6 is 0 Å². The standard InChI is InChI=1S/C17H9N5O2/c18-8-11-2-1-10(7-16(11)22(23)24)14-4-3-12-13-9-19-6-5-15(13)21-17(12)20-14/h1-7,9H,(H,20,21). The lowest BCUT2D eigenvalue weighted by Crippen LogP contribution is -1.93. The average molecular weight is 315 g/mol. The van der Waals surface area contributed by atoms with Crippen molar-refractivity contribution in [1.82, 2.24) is 15.0 Å². The molecule has 24 heavy (non-hydrogen) atoms. The first-order valence-corrected chi connectivity index (χ1v) is 7.09. The minimum Gasteiger partial charge on any atom is -0.339 e. The summed E-state index contributed by atoms with van der Waals surface area (Å²) in [4.78, 5) is 22.4. The van der Waals surface area contributed by atoms with Gasteiger partial charge < -0.3 is 4.98 Å². The summed E-state index contributed by atoms with van der Waals surface area (Å²) in [7, 11) is 0. The van der Waals surface area contributed by atoms with Crippen molar-refractivity contribution in [3.63, 3.8) is 0 Å². The minimum atomic E-state index is -0.560. The highest BCUT2D eigenvalue weighted by molar-refractivity contribution is 6.05. The maximum absolute atomic E-state index is 11.1. The van der Waals surface area contributed by atoms with Gasteiger partial charge in [-0.2, -0.15) is 5.26 Å². The number of nitrogens with zero attached hydrogens (tertiary/aromatic N) is 4.